The van der Waals surface area contributed by atoms with Crippen LogP contribution in [0.2, 0.25) is 0 Å². The smallest absolute Gasteiger partial charge is 0.296 e. The first-order chi connectivity index (χ1) is 14.4. The summed E-state index contributed by atoms with van der Waals surface area (Å²) in [5.74, 6) is 0. The van der Waals surface area contributed by atoms with E-state index >= 15 is 0 Å². The monoisotopic (exact) mass is 418 g/mol. The Labute approximate surface area is 173 Å². The maximum Gasteiger partial charge on any atom is 0.296 e. The van der Waals surface area contributed by atoms with Crippen LogP contribution in [0.3, 0.4) is 0 Å². The van der Waals surface area contributed by atoms with E-state index in [1.54, 1.807) is 30.3 Å². The summed E-state index contributed by atoms with van der Waals surface area (Å²) >= 11 is 0. The number of nitrogen functional groups attached to an aromatic ring is 1. The van der Waals surface area contributed by atoms with E-state index in [1.165, 1.54) is 12.1 Å². The number of benzene rings is 4. The standard InChI is InChI=1S/C22H18N4O3S/c23-19-11-13-20(18-9-5-4-8-17(18)19)26-25-16-10-12-21(22(14-16)30(27,28)29)24-15-6-2-1-3-7-15/h1-14,24H,23H2,(H,27,28,29). The van der Waals surface area contributed by atoms with Crippen molar-refractivity contribution in [2.45, 2.75) is 4.90 Å². The molecule has 0 bridgehead atoms. The summed E-state index contributed by atoms with van der Waals surface area (Å²) in [5.41, 5.74) is 8.44. The summed E-state index contributed by atoms with van der Waals surface area (Å²) in [6.45, 7) is 0. The molecule has 0 saturated heterocycles. The van der Waals surface area contributed by atoms with E-state index < -0.39 is 10.1 Å². The molecule has 0 aliphatic carbocycles. The van der Waals surface area contributed by atoms with Crippen LogP contribution in [-0.2, 0) is 10.1 Å². The highest BCUT2D eigenvalue weighted by atomic mass is 32.2. The average Bonchev–Trinajstić information content (AvgIpc) is 2.74. The minimum Gasteiger partial charge on any atom is -0.398 e. The van der Waals surface area contributed by atoms with Crippen molar-refractivity contribution in [3.8, 4) is 0 Å². The van der Waals surface area contributed by atoms with Gasteiger partial charge in [-0.05, 0) is 42.5 Å². The van der Waals surface area contributed by atoms with Crippen LogP contribution in [0.1, 0.15) is 0 Å². The molecule has 0 radical (unpaired) electrons. The summed E-state index contributed by atoms with van der Waals surface area (Å²) in [6, 6.07) is 24.5. The van der Waals surface area contributed by atoms with Gasteiger partial charge in [-0.3, -0.25) is 4.55 Å². The Morgan fingerprint density at radius 2 is 1.50 bits per heavy atom. The van der Waals surface area contributed by atoms with Crippen molar-refractivity contribution in [2.75, 3.05) is 11.1 Å². The lowest BCUT2D eigenvalue weighted by molar-refractivity contribution is 0.483. The number of fused-ring (bicyclic) bond motifs is 1. The van der Waals surface area contributed by atoms with Gasteiger partial charge in [0.05, 0.1) is 17.1 Å². The summed E-state index contributed by atoms with van der Waals surface area (Å²) in [5, 5.41) is 13.1. The zero-order valence-electron chi connectivity index (χ0n) is 15.7. The Balaban J connectivity index is 1.71. The van der Waals surface area contributed by atoms with Gasteiger partial charge in [-0.25, -0.2) is 0 Å². The molecule has 0 atom stereocenters. The Morgan fingerprint density at radius 1 is 0.800 bits per heavy atom. The van der Waals surface area contributed by atoms with E-state index in [4.69, 9.17) is 5.73 Å². The molecule has 0 aliphatic rings. The molecule has 7 nitrogen and oxygen atoms in total. The molecular formula is C22H18N4O3S. The predicted octanol–water partition coefficient (Wildman–Crippen LogP) is 5.83. The zero-order valence-corrected chi connectivity index (χ0v) is 16.5. The van der Waals surface area contributed by atoms with Crippen molar-refractivity contribution in [3.63, 3.8) is 0 Å². The van der Waals surface area contributed by atoms with Crippen molar-refractivity contribution in [1.29, 1.82) is 0 Å². The van der Waals surface area contributed by atoms with Crippen molar-refractivity contribution in [2.24, 2.45) is 10.2 Å². The van der Waals surface area contributed by atoms with Gasteiger partial charge in [0, 0.05) is 22.1 Å². The number of nitrogens with one attached hydrogen (secondary N) is 1. The van der Waals surface area contributed by atoms with E-state index in [0.717, 1.165) is 10.8 Å². The predicted molar refractivity (Wildman–Crippen MR) is 119 cm³/mol. The quantitative estimate of drug-likeness (QED) is 0.214. The summed E-state index contributed by atoms with van der Waals surface area (Å²) < 4.78 is 33.5. The first-order valence-corrected chi connectivity index (χ1v) is 10.5. The molecule has 4 aromatic carbocycles. The molecule has 0 fully saturated rings. The van der Waals surface area contributed by atoms with Crippen LogP contribution in [0.4, 0.5) is 28.4 Å². The Hall–Kier alpha value is -3.75. The fraction of sp³-hybridized carbons (Fsp3) is 0. The highest BCUT2D eigenvalue weighted by Gasteiger charge is 2.17. The van der Waals surface area contributed by atoms with E-state index in [-0.39, 0.29) is 16.3 Å². The third-order valence-corrected chi connectivity index (χ3v) is 5.40. The zero-order chi connectivity index (χ0) is 21.1. The molecule has 30 heavy (non-hydrogen) atoms. The second-order valence-corrected chi connectivity index (χ2v) is 7.96. The van der Waals surface area contributed by atoms with Gasteiger partial charge in [0.2, 0.25) is 0 Å². The van der Waals surface area contributed by atoms with E-state index in [2.05, 4.69) is 15.5 Å². The van der Waals surface area contributed by atoms with Crippen LogP contribution in [0.5, 0.6) is 0 Å². The third-order valence-electron chi connectivity index (χ3n) is 4.50. The Bertz CT molecular complexity index is 1350. The largest absolute Gasteiger partial charge is 0.398 e. The highest BCUT2D eigenvalue weighted by Crippen LogP contribution is 2.33. The van der Waals surface area contributed by atoms with Gasteiger partial charge in [0.1, 0.15) is 4.90 Å². The minimum atomic E-state index is -4.48. The second kappa shape index (κ2) is 7.94. The van der Waals surface area contributed by atoms with Gasteiger partial charge in [0.15, 0.2) is 0 Å². The maximum atomic E-state index is 11.9. The van der Waals surface area contributed by atoms with Gasteiger partial charge >= 0.3 is 0 Å². The van der Waals surface area contributed by atoms with Crippen molar-refractivity contribution < 1.29 is 13.0 Å². The van der Waals surface area contributed by atoms with Crippen LogP contribution in [0, 0.1) is 0 Å². The number of para-hydroxylation sites is 1. The Kier molecular flexibility index (Phi) is 5.18. The number of anilines is 3. The van der Waals surface area contributed by atoms with Crippen LogP contribution in [-0.4, -0.2) is 13.0 Å². The molecule has 0 unspecified atom stereocenters. The van der Waals surface area contributed by atoms with Gasteiger partial charge in [-0.2, -0.15) is 13.5 Å². The molecule has 150 valence electrons. The topological polar surface area (TPSA) is 117 Å². The molecule has 0 amide bonds. The number of azo groups is 1. The number of rotatable bonds is 5. The Morgan fingerprint density at radius 3 is 2.23 bits per heavy atom. The van der Waals surface area contributed by atoms with E-state index in [1.807, 2.05) is 42.5 Å². The first-order valence-electron chi connectivity index (χ1n) is 9.04. The third kappa shape index (κ3) is 4.14. The first kappa shape index (κ1) is 19.6. The van der Waals surface area contributed by atoms with Crippen LogP contribution < -0.4 is 11.1 Å². The second-order valence-electron chi connectivity index (χ2n) is 6.57. The molecule has 0 aliphatic heterocycles. The summed E-state index contributed by atoms with van der Waals surface area (Å²) in [4.78, 5) is -0.287. The molecule has 4 rings (SSSR count). The van der Waals surface area contributed by atoms with Crippen molar-refractivity contribution >= 4 is 49.3 Å². The summed E-state index contributed by atoms with van der Waals surface area (Å²) in [7, 11) is -4.48. The van der Waals surface area contributed by atoms with Gasteiger partial charge in [0.25, 0.3) is 10.1 Å². The lowest BCUT2D eigenvalue weighted by Gasteiger charge is -2.10. The van der Waals surface area contributed by atoms with Crippen LogP contribution in [0.25, 0.3) is 10.8 Å². The maximum absolute atomic E-state index is 11.9. The fourth-order valence-electron chi connectivity index (χ4n) is 3.07. The molecular weight excluding hydrogens is 400 g/mol. The normalized spacial score (nSPS) is 11.8. The van der Waals surface area contributed by atoms with E-state index in [9.17, 15) is 13.0 Å². The van der Waals surface area contributed by atoms with Gasteiger partial charge in [-0.15, -0.1) is 5.11 Å². The number of hydrogen-bond donors (Lipinski definition) is 3. The molecule has 0 saturated carbocycles. The molecule has 0 heterocycles. The SMILES string of the molecule is Nc1ccc(N=Nc2ccc(Nc3ccccc3)c(S(=O)(=O)O)c2)c2ccccc12. The van der Waals surface area contributed by atoms with Crippen LogP contribution >= 0.6 is 0 Å². The lowest BCUT2D eigenvalue weighted by atomic mass is 10.1. The average molecular weight is 418 g/mol. The summed E-state index contributed by atoms with van der Waals surface area (Å²) in [6.07, 6.45) is 0. The molecule has 0 aromatic heterocycles. The highest BCUT2D eigenvalue weighted by molar-refractivity contribution is 7.86. The number of nitrogens with two attached hydrogens (primary N) is 1. The minimum absolute atomic E-state index is 0.237. The molecule has 8 heteroatoms. The number of nitrogens with zero attached hydrogens (tertiary/aromatic N) is 2. The molecule has 0 spiro atoms. The van der Waals surface area contributed by atoms with Crippen molar-refractivity contribution in [1.82, 2.24) is 0 Å². The molecule has 4 aromatic rings. The van der Waals surface area contributed by atoms with Crippen LogP contribution in [0.15, 0.2) is 100 Å². The molecule has 4 N–H and O–H groups in total. The van der Waals surface area contributed by atoms with Gasteiger partial charge in [-0.1, -0.05) is 42.5 Å². The van der Waals surface area contributed by atoms with E-state index in [0.29, 0.717) is 17.1 Å². The van der Waals surface area contributed by atoms with Gasteiger partial charge < -0.3 is 11.1 Å². The van der Waals surface area contributed by atoms with Crippen molar-refractivity contribution in [3.05, 3.63) is 84.9 Å². The number of hydrogen-bond acceptors (Lipinski definition) is 6. The fourth-order valence-corrected chi connectivity index (χ4v) is 3.74. The lowest BCUT2D eigenvalue weighted by Crippen LogP contribution is -2.03.